The molecule has 1 amide bonds. The van der Waals surface area contributed by atoms with E-state index >= 15 is 0 Å². The van der Waals surface area contributed by atoms with E-state index in [1.807, 2.05) is 13.8 Å². The van der Waals surface area contributed by atoms with Gasteiger partial charge in [0.1, 0.15) is 5.75 Å². The van der Waals surface area contributed by atoms with E-state index in [2.05, 4.69) is 5.32 Å². The molecule has 1 N–H and O–H groups in total. The molecule has 0 heterocycles. The van der Waals surface area contributed by atoms with Gasteiger partial charge >= 0.3 is 5.97 Å². The highest BCUT2D eigenvalue weighted by atomic mass is 35.5. The Morgan fingerprint density at radius 1 is 1.15 bits per heavy atom. The number of amides is 1. The summed E-state index contributed by atoms with van der Waals surface area (Å²) >= 11 is 5.99. The third kappa shape index (κ3) is 6.29. The molecule has 0 bridgehead atoms. The van der Waals surface area contributed by atoms with Gasteiger partial charge in [0, 0.05) is 10.7 Å². The second kappa shape index (κ2) is 9.97. The van der Waals surface area contributed by atoms with Crippen molar-refractivity contribution in [2.75, 3.05) is 11.9 Å². The number of halogens is 1. The lowest BCUT2D eigenvalue weighted by Gasteiger charge is -2.15. The first-order valence-electron chi connectivity index (χ1n) is 8.91. The van der Waals surface area contributed by atoms with Crippen LogP contribution in [0.3, 0.4) is 0 Å². The summed E-state index contributed by atoms with van der Waals surface area (Å²) in [5.41, 5.74) is 1.90. The summed E-state index contributed by atoms with van der Waals surface area (Å²) in [4.78, 5) is 24.2. The van der Waals surface area contributed by atoms with Gasteiger partial charge in [-0.1, -0.05) is 24.9 Å². The zero-order valence-electron chi connectivity index (χ0n) is 15.8. The fourth-order valence-corrected chi connectivity index (χ4v) is 2.39. The van der Waals surface area contributed by atoms with Gasteiger partial charge in [-0.2, -0.15) is 0 Å². The average molecular weight is 390 g/mol. The second-order valence-corrected chi connectivity index (χ2v) is 6.63. The van der Waals surface area contributed by atoms with Gasteiger partial charge in [0.05, 0.1) is 12.2 Å². The lowest BCUT2D eigenvalue weighted by molar-refractivity contribution is -0.122. The van der Waals surface area contributed by atoms with Gasteiger partial charge in [0.15, 0.2) is 6.10 Å². The molecule has 0 saturated carbocycles. The molecule has 2 aromatic rings. The lowest BCUT2D eigenvalue weighted by atomic mass is 10.2. The summed E-state index contributed by atoms with van der Waals surface area (Å²) in [5.74, 6) is -0.0817. The van der Waals surface area contributed by atoms with Gasteiger partial charge in [-0.25, -0.2) is 4.79 Å². The van der Waals surface area contributed by atoms with Gasteiger partial charge in [-0.15, -0.1) is 0 Å². The predicted octanol–water partition coefficient (Wildman–Crippen LogP) is 5.01. The van der Waals surface area contributed by atoms with Crippen LogP contribution in [0.1, 0.15) is 42.6 Å². The van der Waals surface area contributed by atoms with Crippen molar-refractivity contribution in [2.45, 2.75) is 39.7 Å². The number of aryl methyl sites for hydroxylation is 1. The second-order valence-electron chi connectivity index (χ2n) is 6.23. The minimum absolute atomic E-state index is 0.291. The Hall–Kier alpha value is -2.53. The highest BCUT2D eigenvalue weighted by Gasteiger charge is 2.16. The van der Waals surface area contributed by atoms with Crippen molar-refractivity contribution in [3.8, 4) is 5.75 Å². The number of benzene rings is 2. The fourth-order valence-electron chi connectivity index (χ4n) is 2.27. The zero-order chi connectivity index (χ0) is 19.8. The Morgan fingerprint density at radius 3 is 2.48 bits per heavy atom. The molecule has 1 unspecified atom stereocenters. The molecule has 0 radical (unpaired) electrons. The molecule has 0 aliphatic rings. The molecule has 0 fully saturated rings. The maximum atomic E-state index is 12.3. The van der Waals surface area contributed by atoms with Crippen LogP contribution in [0.25, 0.3) is 0 Å². The van der Waals surface area contributed by atoms with Gasteiger partial charge < -0.3 is 14.8 Å². The van der Waals surface area contributed by atoms with Crippen molar-refractivity contribution >= 4 is 29.2 Å². The molecule has 144 valence electrons. The first kappa shape index (κ1) is 20.8. The van der Waals surface area contributed by atoms with Crippen LogP contribution >= 0.6 is 11.6 Å². The molecule has 2 aromatic carbocycles. The highest BCUT2D eigenvalue weighted by Crippen LogP contribution is 2.22. The molecule has 0 spiro atoms. The van der Waals surface area contributed by atoms with E-state index in [0.29, 0.717) is 28.6 Å². The van der Waals surface area contributed by atoms with Crippen molar-refractivity contribution in [3.05, 3.63) is 58.6 Å². The number of carbonyl (C=O) groups excluding carboxylic acids is 2. The van der Waals surface area contributed by atoms with Crippen molar-refractivity contribution in [3.63, 3.8) is 0 Å². The van der Waals surface area contributed by atoms with E-state index < -0.39 is 6.10 Å². The minimum atomic E-state index is -0.690. The number of esters is 1. The van der Waals surface area contributed by atoms with E-state index in [9.17, 15) is 9.59 Å². The molecule has 2 rings (SSSR count). The van der Waals surface area contributed by atoms with Crippen molar-refractivity contribution in [2.24, 2.45) is 0 Å². The summed E-state index contributed by atoms with van der Waals surface area (Å²) in [5, 5.41) is 3.41. The summed E-state index contributed by atoms with van der Waals surface area (Å²) in [6.45, 7) is 5.98. The lowest BCUT2D eigenvalue weighted by Crippen LogP contribution is -2.30. The topological polar surface area (TPSA) is 64.6 Å². The zero-order valence-corrected chi connectivity index (χ0v) is 16.5. The number of rotatable bonds is 8. The first-order valence-corrected chi connectivity index (χ1v) is 9.29. The Balaban J connectivity index is 1.90. The van der Waals surface area contributed by atoms with Crippen molar-refractivity contribution in [1.82, 2.24) is 0 Å². The highest BCUT2D eigenvalue weighted by molar-refractivity contribution is 6.31. The Kier molecular flexibility index (Phi) is 7.67. The van der Waals surface area contributed by atoms with E-state index in [0.717, 1.165) is 18.4 Å². The van der Waals surface area contributed by atoms with Crippen LogP contribution in [0.2, 0.25) is 5.02 Å². The van der Waals surface area contributed by atoms with Crippen LogP contribution in [0.4, 0.5) is 5.69 Å². The average Bonchev–Trinajstić information content (AvgIpc) is 2.65. The number of anilines is 1. The number of hydrogen-bond donors (Lipinski definition) is 1. The number of nitrogens with one attached hydrogen (secondary N) is 1. The Morgan fingerprint density at radius 2 is 1.85 bits per heavy atom. The summed E-state index contributed by atoms with van der Waals surface area (Å²) in [6.07, 6.45) is 1.11. The van der Waals surface area contributed by atoms with Gasteiger partial charge in [0.2, 0.25) is 0 Å². The largest absolute Gasteiger partial charge is 0.481 e. The number of carbonyl (C=O) groups is 2. The molecule has 1 atom stereocenters. The smallest absolute Gasteiger partial charge is 0.338 e. The quantitative estimate of drug-likeness (QED) is 0.509. The molecule has 0 saturated heterocycles. The monoisotopic (exact) mass is 389 g/mol. The SMILES string of the molecule is CCCCOC(=O)c1ccc(NC(=O)C(C)Oc2ccc(Cl)c(C)c2)cc1. The van der Waals surface area contributed by atoms with Gasteiger partial charge in [0.25, 0.3) is 5.91 Å². The Bertz CT molecular complexity index is 789. The van der Waals surface area contributed by atoms with Crippen LogP contribution in [0.5, 0.6) is 5.75 Å². The van der Waals surface area contributed by atoms with Crippen molar-refractivity contribution in [1.29, 1.82) is 0 Å². The van der Waals surface area contributed by atoms with Gasteiger partial charge in [-0.3, -0.25) is 4.79 Å². The summed E-state index contributed by atoms with van der Waals surface area (Å²) < 4.78 is 10.8. The first-order chi connectivity index (χ1) is 12.9. The molecule has 6 heteroatoms. The normalized spacial score (nSPS) is 11.6. The van der Waals surface area contributed by atoms with Crippen LogP contribution in [0, 0.1) is 6.92 Å². The summed E-state index contributed by atoms with van der Waals surface area (Å²) in [7, 11) is 0. The standard InChI is InChI=1S/C21H24ClNO4/c1-4-5-12-26-21(25)16-6-8-17(9-7-16)23-20(24)15(3)27-18-10-11-19(22)14(2)13-18/h6-11,13,15H,4-5,12H2,1-3H3,(H,23,24). The summed E-state index contributed by atoms with van der Waals surface area (Å²) in [6, 6.07) is 11.8. The van der Waals surface area contributed by atoms with E-state index in [4.69, 9.17) is 21.1 Å². The third-order valence-electron chi connectivity index (χ3n) is 3.93. The maximum absolute atomic E-state index is 12.3. The minimum Gasteiger partial charge on any atom is -0.481 e. The molecule has 27 heavy (non-hydrogen) atoms. The van der Waals surface area contributed by atoms with E-state index in [-0.39, 0.29) is 11.9 Å². The molecule has 0 aliphatic heterocycles. The van der Waals surface area contributed by atoms with Crippen LogP contribution < -0.4 is 10.1 Å². The predicted molar refractivity (Wildman–Crippen MR) is 107 cm³/mol. The molecular formula is C21H24ClNO4. The number of ether oxygens (including phenoxy) is 2. The number of hydrogen-bond acceptors (Lipinski definition) is 4. The maximum Gasteiger partial charge on any atom is 0.338 e. The van der Waals surface area contributed by atoms with Crippen LogP contribution in [-0.2, 0) is 9.53 Å². The third-order valence-corrected chi connectivity index (χ3v) is 4.35. The van der Waals surface area contributed by atoms with Crippen LogP contribution in [-0.4, -0.2) is 24.6 Å². The molecule has 0 aromatic heterocycles. The van der Waals surface area contributed by atoms with Crippen molar-refractivity contribution < 1.29 is 19.1 Å². The van der Waals surface area contributed by atoms with Crippen LogP contribution in [0.15, 0.2) is 42.5 Å². The molecular weight excluding hydrogens is 366 g/mol. The van der Waals surface area contributed by atoms with Gasteiger partial charge in [-0.05, 0) is 68.3 Å². The van der Waals surface area contributed by atoms with E-state index in [1.165, 1.54) is 0 Å². The fraction of sp³-hybridized carbons (Fsp3) is 0.333. The number of unbranched alkanes of at least 4 members (excludes halogenated alkanes) is 1. The molecule has 0 aliphatic carbocycles. The molecule has 5 nitrogen and oxygen atoms in total. The van der Waals surface area contributed by atoms with E-state index in [1.54, 1.807) is 49.4 Å². The Labute approximate surface area is 164 Å².